The van der Waals surface area contributed by atoms with Gasteiger partial charge in [0.1, 0.15) is 5.75 Å². The van der Waals surface area contributed by atoms with Crippen LogP contribution in [-0.4, -0.2) is 52.8 Å². The van der Waals surface area contributed by atoms with Crippen LogP contribution in [0.3, 0.4) is 0 Å². The standard InChI is InChI=1S/C31H37N3O5/c1-34-30(39-16-13-25-9-7-22-5-3-4-6-28(22)32-25)20-26(33-34)17-24(19-31(35)36)27-18-23(8-10-29(27)37-2)21-11-14-38-15-12-21/h7-11,18,20,24H,3-6,12-17,19H2,1-2H3,(H,35,36). The number of carboxylic acids is 1. The summed E-state index contributed by atoms with van der Waals surface area (Å²) in [4.78, 5) is 16.7. The van der Waals surface area contributed by atoms with Crippen LogP contribution in [0, 0.1) is 0 Å². The molecule has 2 aromatic heterocycles. The average molecular weight is 532 g/mol. The third kappa shape index (κ3) is 6.68. The number of methoxy groups -OCH3 is 1. The molecular formula is C31H37N3O5. The summed E-state index contributed by atoms with van der Waals surface area (Å²) >= 11 is 0. The Morgan fingerprint density at radius 2 is 2.00 bits per heavy atom. The van der Waals surface area contributed by atoms with Gasteiger partial charge in [0.2, 0.25) is 5.88 Å². The first kappa shape index (κ1) is 26.9. The first-order chi connectivity index (χ1) is 19.0. The van der Waals surface area contributed by atoms with Gasteiger partial charge in [-0.25, -0.2) is 4.68 Å². The highest BCUT2D eigenvalue weighted by atomic mass is 16.5. The fourth-order valence-electron chi connectivity index (χ4n) is 5.57. The van der Waals surface area contributed by atoms with Crippen molar-refractivity contribution in [3.05, 3.63) is 76.2 Å². The molecule has 5 rings (SSSR count). The Morgan fingerprint density at radius 1 is 1.13 bits per heavy atom. The van der Waals surface area contributed by atoms with Crippen LogP contribution in [0.5, 0.6) is 11.6 Å². The van der Waals surface area contributed by atoms with Crippen molar-refractivity contribution in [2.75, 3.05) is 26.9 Å². The molecule has 3 heterocycles. The first-order valence-electron chi connectivity index (χ1n) is 13.8. The molecule has 3 aromatic rings. The van der Waals surface area contributed by atoms with Crippen LogP contribution < -0.4 is 9.47 Å². The minimum absolute atomic E-state index is 0.0290. The molecule has 0 bridgehead atoms. The summed E-state index contributed by atoms with van der Waals surface area (Å²) in [6.07, 6.45) is 8.72. The van der Waals surface area contributed by atoms with Crippen molar-refractivity contribution in [2.24, 2.45) is 7.05 Å². The molecule has 8 nitrogen and oxygen atoms in total. The smallest absolute Gasteiger partial charge is 0.303 e. The maximum absolute atomic E-state index is 11.9. The number of hydrogen-bond acceptors (Lipinski definition) is 6. The third-order valence-corrected chi connectivity index (χ3v) is 7.61. The van der Waals surface area contributed by atoms with Gasteiger partial charge in [-0.2, -0.15) is 5.10 Å². The van der Waals surface area contributed by atoms with Crippen molar-refractivity contribution in [2.45, 2.75) is 57.3 Å². The number of hydrogen-bond donors (Lipinski definition) is 1. The summed E-state index contributed by atoms with van der Waals surface area (Å²) in [6.45, 7) is 1.78. The molecule has 1 atom stereocenters. The highest BCUT2D eigenvalue weighted by Crippen LogP contribution is 2.35. The minimum Gasteiger partial charge on any atom is -0.496 e. The van der Waals surface area contributed by atoms with E-state index in [0.29, 0.717) is 37.9 Å². The Morgan fingerprint density at radius 3 is 2.79 bits per heavy atom. The van der Waals surface area contributed by atoms with Gasteiger partial charge < -0.3 is 19.3 Å². The molecule has 0 radical (unpaired) electrons. The molecule has 39 heavy (non-hydrogen) atoms. The number of aryl methyl sites for hydroxylation is 3. The Balaban J connectivity index is 1.29. The number of aliphatic carboxylic acids is 1. The van der Waals surface area contributed by atoms with E-state index < -0.39 is 5.97 Å². The number of nitrogens with zero attached hydrogens (tertiary/aromatic N) is 3. The lowest BCUT2D eigenvalue weighted by atomic mass is 9.87. The molecule has 0 fully saturated rings. The zero-order valence-corrected chi connectivity index (χ0v) is 22.8. The molecule has 0 amide bonds. The summed E-state index contributed by atoms with van der Waals surface area (Å²) in [5.74, 6) is 0.177. The summed E-state index contributed by atoms with van der Waals surface area (Å²) in [6, 6.07) is 12.3. The van der Waals surface area contributed by atoms with Crippen LogP contribution in [-0.2, 0) is 42.3 Å². The van der Waals surface area contributed by atoms with E-state index in [9.17, 15) is 9.90 Å². The number of rotatable bonds is 11. The van der Waals surface area contributed by atoms with E-state index >= 15 is 0 Å². The van der Waals surface area contributed by atoms with Crippen LogP contribution in [0.2, 0.25) is 0 Å². The molecule has 0 saturated heterocycles. The van der Waals surface area contributed by atoms with Gasteiger partial charge in [-0.05, 0) is 79.0 Å². The number of pyridine rings is 1. The highest BCUT2D eigenvalue weighted by Gasteiger charge is 2.23. The third-order valence-electron chi connectivity index (χ3n) is 7.61. The number of aromatic nitrogens is 3. The molecule has 0 spiro atoms. The van der Waals surface area contributed by atoms with Gasteiger partial charge in [-0.1, -0.05) is 18.2 Å². The fraction of sp³-hybridized carbons (Fsp3) is 0.452. The lowest BCUT2D eigenvalue weighted by Gasteiger charge is -2.20. The van der Waals surface area contributed by atoms with Gasteiger partial charge >= 0.3 is 5.97 Å². The zero-order chi connectivity index (χ0) is 27.2. The van der Waals surface area contributed by atoms with Crippen molar-refractivity contribution in [1.82, 2.24) is 14.8 Å². The number of fused-ring (bicyclic) bond motifs is 1. The predicted molar refractivity (Wildman–Crippen MR) is 148 cm³/mol. The van der Waals surface area contributed by atoms with E-state index in [4.69, 9.17) is 19.2 Å². The number of ether oxygens (including phenoxy) is 3. The molecule has 1 unspecified atom stereocenters. The van der Waals surface area contributed by atoms with Crippen molar-refractivity contribution in [3.63, 3.8) is 0 Å². The van der Waals surface area contributed by atoms with E-state index in [1.165, 1.54) is 29.7 Å². The van der Waals surface area contributed by atoms with Crippen LogP contribution in [0.1, 0.15) is 65.4 Å². The van der Waals surface area contributed by atoms with Gasteiger partial charge in [0.15, 0.2) is 0 Å². The Labute approximate surface area is 229 Å². The Kier molecular flexibility index (Phi) is 8.61. The second-order valence-corrected chi connectivity index (χ2v) is 10.3. The second kappa shape index (κ2) is 12.5. The van der Waals surface area contributed by atoms with E-state index in [-0.39, 0.29) is 12.3 Å². The summed E-state index contributed by atoms with van der Waals surface area (Å²) < 4.78 is 18.9. The summed E-state index contributed by atoms with van der Waals surface area (Å²) in [7, 11) is 3.47. The van der Waals surface area contributed by atoms with E-state index in [1.807, 2.05) is 25.2 Å². The van der Waals surface area contributed by atoms with Crippen molar-refractivity contribution < 1.29 is 24.1 Å². The number of benzene rings is 1. The lowest BCUT2D eigenvalue weighted by molar-refractivity contribution is -0.137. The molecule has 1 aromatic carbocycles. The van der Waals surface area contributed by atoms with Crippen LogP contribution >= 0.6 is 0 Å². The van der Waals surface area contributed by atoms with Crippen molar-refractivity contribution >= 4 is 11.5 Å². The fourth-order valence-corrected chi connectivity index (χ4v) is 5.57. The molecule has 0 saturated carbocycles. The Hall–Kier alpha value is -3.65. The van der Waals surface area contributed by atoms with E-state index in [1.54, 1.807) is 11.8 Å². The highest BCUT2D eigenvalue weighted by molar-refractivity contribution is 5.70. The average Bonchev–Trinajstić information content (AvgIpc) is 3.30. The summed E-state index contributed by atoms with van der Waals surface area (Å²) in [5.41, 5.74) is 7.60. The number of carbonyl (C=O) groups is 1. The first-order valence-corrected chi connectivity index (χ1v) is 13.8. The molecular weight excluding hydrogens is 494 g/mol. The Bertz CT molecular complexity index is 1350. The SMILES string of the molecule is COc1ccc(C2=CCOCC2)cc1C(CC(=O)O)Cc1cc(OCCc2ccc3c(n2)CCCC3)n(C)n1. The van der Waals surface area contributed by atoms with Crippen LogP contribution in [0.15, 0.2) is 42.5 Å². The largest absolute Gasteiger partial charge is 0.496 e. The maximum atomic E-state index is 11.9. The normalized spacial score (nSPS) is 15.8. The van der Waals surface area contributed by atoms with Gasteiger partial charge in [0.05, 0.1) is 39.0 Å². The zero-order valence-electron chi connectivity index (χ0n) is 22.8. The topological polar surface area (TPSA) is 95.7 Å². The number of carboxylic acid groups (broad SMARTS) is 1. The van der Waals surface area contributed by atoms with E-state index in [0.717, 1.165) is 48.2 Å². The monoisotopic (exact) mass is 531 g/mol. The van der Waals surface area contributed by atoms with Gasteiger partial charge in [0.25, 0.3) is 0 Å². The molecule has 1 N–H and O–H groups in total. The van der Waals surface area contributed by atoms with Crippen molar-refractivity contribution in [1.29, 1.82) is 0 Å². The van der Waals surface area contributed by atoms with E-state index in [2.05, 4.69) is 29.4 Å². The molecule has 1 aliphatic heterocycles. The maximum Gasteiger partial charge on any atom is 0.303 e. The molecule has 8 heteroatoms. The quantitative estimate of drug-likeness (QED) is 0.375. The molecule has 1 aliphatic carbocycles. The minimum atomic E-state index is -0.859. The van der Waals surface area contributed by atoms with Gasteiger partial charge in [0, 0.05) is 36.8 Å². The molecule has 2 aliphatic rings. The summed E-state index contributed by atoms with van der Waals surface area (Å²) in [5, 5.41) is 14.4. The van der Waals surface area contributed by atoms with Gasteiger partial charge in [-0.15, -0.1) is 0 Å². The predicted octanol–water partition coefficient (Wildman–Crippen LogP) is 4.93. The van der Waals surface area contributed by atoms with Crippen LogP contribution in [0.4, 0.5) is 0 Å². The van der Waals surface area contributed by atoms with Crippen molar-refractivity contribution in [3.8, 4) is 11.6 Å². The second-order valence-electron chi connectivity index (χ2n) is 10.3. The molecule has 206 valence electrons. The van der Waals surface area contributed by atoms with Crippen LogP contribution in [0.25, 0.3) is 5.57 Å². The lowest BCUT2D eigenvalue weighted by Crippen LogP contribution is -2.12. The van der Waals surface area contributed by atoms with Gasteiger partial charge in [-0.3, -0.25) is 9.78 Å².